The van der Waals surface area contributed by atoms with E-state index in [0.29, 0.717) is 17.2 Å². The van der Waals surface area contributed by atoms with Crippen LogP contribution in [0.1, 0.15) is 23.2 Å². The van der Waals surface area contributed by atoms with Gasteiger partial charge in [0, 0.05) is 5.75 Å². The highest BCUT2D eigenvalue weighted by Gasteiger charge is 2.35. The van der Waals surface area contributed by atoms with Gasteiger partial charge in [0.2, 0.25) is 0 Å². The number of thioether (sulfide) groups is 1. The van der Waals surface area contributed by atoms with Gasteiger partial charge in [0.15, 0.2) is 5.69 Å². The molecular formula is C21H16F3N3S. The Morgan fingerprint density at radius 3 is 1.82 bits per heavy atom. The fourth-order valence-corrected chi connectivity index (χ4v) is 3.82. The van der Waals surface area contributed by atoms with Crippen molar-refractivity contribution < 1.29 is 13.2 Å². The Labute approximate surface area is 165 Å². The maximum absolute atomic E-state index is 12.6. The highest BCUT2D eigenvalue weighted by molar-refractivity contribution is 7.99. The number of nitriles is 1. The van der Waals surface area contributed by atoms with E-state index in [9.17, 15) is 18.4 Å². The Morgan fingerprint density at radius 2 is 1.39 bits per heavy atom. The summed E-state index contributed by atoms with van der Waals surface area (Å²) >= 11 is 1.28. The molecule has 0 atom stereocenters. The van der Waals surface area contributed by atoms with E-state index in [1.165, 1.54) is 17.8 Å². The molecule has 0 radical (unpaired) electrons. The van der Waals surface area contributed by atoms with Crippen LogP contribution in [0.4, 0.5) is 13.2 Å². The number of benzene rings is 2. The smallest absolute Gasteiger partial charge is 0.197 e. The molecule has 1 heterocycles. The molecule has 0 spiro atoms. The predicted molar refractivity (Wildman–Crippen MR) is 102 cm³/mol. The maximum Gasteiger partial charge on any atom is 0.435 e. The SMILES string of the molecule is N#CC(CCSc1ccc(C(F)(F)F)nn1)(c1ccccc1)c1ccccc1. The molecule has 0 saturated heterocycles. The Bertz CT molecular complexity index is 897. The van der Waals surface area contributed by atoms with Crippen LogP contribution in [0.5, 0.6) is 0 Å². The second kappa shape index (κ2) is 8.44. The molecule has 0 aliphatic heterocycles. The van der Waals surface area contributed by atoms with Crippen molar-refractivity contribution in [3.05, 3.63) is 89.6 Å². The van der Waals surface area contributed by atoms with Crippen LogP contribution >= 0.6 is 11.8 Å². The van der Waals surface area contributed by atoms with Crippen molar-refractivity contribution in [3.63, 3.8) is 0 Å². The van der Waals surface area contributed by atoms with Crippen molar-refractivity contribution in [2.75, 3.05) is 5.75 Å². The molecule has 3 aromatic rings. The first kappa shape index (κ1) is 19.9. The van der Waals surface area contributed by atoms with Gasteiger partial charge >= 0.3 is 6.18 Å². The summed E-state index contributed by atoms with van der Waals surface area (Å²) in [6.45, 7) is 0. The van der Waals surface area contributed by atoms with Gasteiger partial charge < -0.3 is 0 Å². The number of halogens is 3. The highest BCUT2D eigenvalue weighted by atomic mass is 32.2. The van der Waals surface area contributed by atoms with E-state index in [4.69, 9.17) is 0 Å². The van der Waals surface area contributed by atoms with Gasteiger partial charge in [-0.3, -0.25) is 0 Å². The summed E-state index contributed by atoms with van der Waals surface area (Å²) in [6, 6.07) is 23.7. The van der Waals surface area contributed by atoms with Crippen LogP contribution < -0.4 is 0 Å². The summed E-state index contributed by atoms with van der Waals surface area (Å²) in [5.74, 6) is 0.497. The van der Waals surface area contributed by atoms with E-state index in [0.717, 1.165) is 17.2 Å². The normalized spacial score (nSPS) is 11.8. The van der Waals surface area contributed by atoms with E-state index >= 15 is 0 Å². The van der Waals surface area contributed by atoms with Crippen molar-refractivity contribution in [2.24, 2.45) is 0 Å². The van der Waals surface area contributed by atoms with E-state index < -0.39 is 17.3 Å². The van der Waals surface area contributed by atoms with E-state index in [1.807, 2.05) is 60.7 Å². The van der Waals surface area contributed by atoms with Crippen LogP contribution in [0.15, 0.2) is 77.8 Å². The van der Waals surface area contributed by atoms with Crippen LogP contribution in [0, 0.1) is 11.3 Å². The molecule has 3 rings (SSSR count). The second-order valence-electron chi connectivity index (χ2n) is 6.10. The minimum atomic E-state index is -4.51. The molecule has 0 unspecified atom stereocenters. The van der Waals surface area contributed by atoms with Gasteiger partial charge in [-0.25, -0.2) is 0 Å². The third-order valence-electron chi connectivity index (χ3n) is 4.38. The molecule has 0 bridgehead atoms. The molecule has 28 heavy (non-hydrogen) atoms. The number of alkyl halides is 3. The van der Waals surface area contributed by atoms with Gasteiger partial charge in [-0.2, -0.15) is 18.4 Å². The van der Waals surface area contributed by atoms with E-state index in [-0.39, 0.29) is 0 Å². The third-order valence-corrected chi connectivity index (χ3v) is 5.30. The Kier molecular flexibility index (Phi) is 6.00. The van der Waals surface area contributed by atoms with E-state index in [1.54, 1.807) is 0 Å². The molecule has 0 amide bonds. The lowest BCUT2D eigenvalue weighted by molar-refractivity contribution is -0.141. The average Bonchev–Trinajstić information content (AvgIpc) is 2.72. The first-order valence-corrected chi connectivity index (χ1v) is 9.50. The van der Waals surface area contributed by atoms with Crippen LogP contribution in [0.2, 0.25) is 0 Å². The highest BCUT2D eigenvalue weighted by Crippen LogP contribution is 2.37. The van der Waals surface area contributed by atoms with Gasteiger partial charge in [-0.1, -0.05) is 60.7 Å². The number of hydrogen-bond acceptors (Lipinski definition) is 4. The van der Waals surface area contributed by atoms with Crippen molar-refractivity contribution >= 4 is 11.8 Å². The first-order valence-electron chi connectivity index (χ1n) is 8.52. The molecule has 0 N–H and O–H groups in total. The van der Waals surface area contributed by atoms with Crippen molar-refractivity contribution in [3.8, 4) is 6.07 Å². The third kappa shape index (κ3) is 4.34. The van der Waals surface area contributed by atoms with Crippen LogP contribution in [-0.2, 0) is 11.6 Å². The molecule has 0 saturated carbocycles. The largest absolute Gasteiger partial charge is 0.435 e. The lowest BCUT2D eigenvalue weighted by Gasteiger charge is -2.27. The first-order chi connectivity index (χ1) is 13.5. The van der Waals surface area contributed by atoms with Gasteiger partial charge in [0.1, 0.15) is 10.4 Å². The number of nitrogens with zero attached hydrogens (tertiary/aromatic N) is 3. The molecule has 0 aliphatic carbocycles. The van der Waals surface area contributed by atoms with Crippen LogP contribution in [0.25, 0.3) is 0 Å². The molecule has 2 aromatic carbocycles. The second-order valence-corrected chi connectivity index (χ2v) is 7.22. The molecule has 142 valence electrons. The van der Waals surface area contributed by atoms with Gasteiger partial charge in [-0.05, 0) is 29.7 Å². The standard InChI is InChI=1S/C21H16F3N3S/c22-21(23,24)18-11-12-19(27-26-18)28-14-13-20(15-25,16-7-3-1-4-8-16)17-9-5-2-6-10-17/h1-12H,13-14H2. The zero-order valence-corrected chi connectivity index (χ0v) is 15.5. The van der Waals surface area contributed by atoms with Crippen molar-refractivity contribution in [2.45, 2.75) is 23.0 Å². The van der Waals surface area contributed by atoms with Gasteiger partial charge in [-0.15, -0.1) is 22.0 Å². The number of aromatic nitrogens is 2. The molecule has 1 aromatic heterocycles. The summed E-state index contributed by atoms with van der Waals surface area (Å²) in [4.78, 5) is 0. The quantitative estimate of drug-likeness (QED) is 0.515. The summed E-state index contributed by atoms with van der Waals surface area (Å²) in [5.41, 5.74) is -0.114. The van der Waals surface area contributed by atoms with Crippen LogP contribution in [-0.4, -0.2) is 16.0 Å². The fraction of sp³-hybridized carbons (Fsp3) is 0.190. The summed E-state index contributed by atoms with van der Waals surface area (Å²) in [5, 5.41) is 17.4. The maximum atomic E-state index is 12.6. The zero-order chi connectivity index (χ0) is 20.0. The Morgan fingerprint density at radius 1 is 0.821 bits per heavy atom. The summed E-state index contributed by atoms with van der Waals surface area (Å²) in [6.07, 6.45) is -4.03. The number of rotatable bonds is 6. The molecule has 0 aliphatic rings. The van der Waals surface area contributed by atoms with Gasteiger partial charge in [0.25, 0.3) is 0 Å². The Balaban J connectivity index is 1.81. The average molecular weight is 399 g/mol. The zero-order valence-electron chi connectivity index (χ0n) is 14.7. The minimum Gasteiger partial charge on any atom is -0.197 e. The monoisotopic (exact) mass is 399 g/mol. The predicted octanol–water partition coefficient (Wildman–Crippen LogP) is 5.49. The molecule has 3 nitrogen and oxygen atoms in total. The van der Waals surface area contributed by atoms with Crippen molar-refractivity contribution in [1.29, 1.82) is 5.26 Å². The molecule has 0 fully saturated rings. The molecule has 7 heteroatoms. The van der Waals surface area contributed by atoms with Crippen molar-refractivity contribution in [1.82, 2.24) is 10.2 Å². The van der Waals surface area contributed by atoms with Crippen LogP contribution in [0.3, 0.4) is 0 Å². The van der Waals surface area contributed by atoms with E-state index in [2.05, 4.69) is 16.3 Å². The summed E-state index contributed by atoms with van der Waals surface area (Å²) < 4.78 is 37.8. The van der Waals surface area contributed by atoms with Gasteiger partial charge in [0.05, 0.1) is 6.07 Å². The molecular weight excluding hydrogens is 383 g/mol. The Hall–Kier alpha value is -2.85. The fourth-order valence-electron chi connectivity index (χ4n) is 2.94. The summed E-state index contributed by atoms with van der Waals surface area (Å²) in [7, 11) is 0. The lowest BCUT2D eigenvalue weighted by atomic mass is 9.74. The lowest BCUT2D eigenvalue weighted by Crippen LogP contribution is -2.26. The topological polar surface area (TPSA) is 49.6 Å². The minimum absolute atomic E-state index is 0.390. The number of hydrogen-bond donors (Lipinski definition) is 0.